The van der Waals surface area contributed by atoms with Crippen LogP contribution >= 0.6 is 0 Å². The number of hydrogen-bond acceptors (Lipinski definition) is 3. The monoisotopic (exact) mass is 175 g/mol. The molecule has 0 aliphatic heterocycles. The SMILES string of the molecule is NS(=O)(=O)CCc1cn[nH]c1. The van der Waals surface area contributed by atoms with E-state index in [1.54, 1.807) is 12.4 Å². The molecule has 1 aromatic heterocycles. The summed E-state index contributed by atoms with van der Waals surface area (Å²) in [6.45, 7) is 0. The van der Waals surface area contributed by atoms with Gasteiger partial charge in [0.15, 0.2) is 0 Å². The highest BCUT2D eigenvalue weighted by Crippen LogP contribution is 1.95. The van der Waals surface area contributed by atoms with E-state index in [0.717, 1.165) is 5.56 Å². The van der Waals surface area contributed by atoms with Crippen molar-refractivity contribution in [3.05, 3.63) is 18.0 Å². The zero-order valence-corrected chi connectivity index (χ0v) is 6.63. The third kappa shape index (κ3) is 3.15. The first-order chi connectivity index (χ1) is 5.08. The smallest absolute Gasteiger partial charge is 0.209 e. The van der Waals surface area contributed by atoms with Crippen molar-refractivity contribution in [2.75, 3.05) is 5.75 Å². The molecule has 0 aromatic carbocycles. The number of aryl methyl sites for hydroxylation is 1. The number of sulfonamides is 1. The predicted molar refractivity (Wildman–Crippen MR) is 40.3 cm³/mol. The van der Waals surface area contributed by atoms with Gasteiger partial charge in [-0.2, -0.15) is 5.10 Å². The van der Waals surface area contributed by atoms with Crippen molar-refractivity contribution >= 4 is 10.0 Å². The molecule has 0 bridgehead atoms. The molecule has 0 unspecified atom stereocenters. The summed E-state index contributed by atoms with van der Waals surface area (Å²) in [6, 6.07) is 0. The summed E-state index contributed by atoms with van der Waals surface area (Å²) in [6.07, 6.45) is 3.63. The third-order valence-corrected chi connectivity index (χ3v) is 2.00. The lowest BCUT2D eigenvalue weighted by atomic mass is 10.3. The van der Waals surface area contributed by atoms with Gasteiger partial charge in [0.2, 0.25) is 10.0 Å². The topological polar surface area (TPSA) is 88.8 Å². The highest BCUT2D eigenvalue weighted by Gasteiger charge is 2.03. The first-order valence-electron chi connectivity index (χ1n) is 3.06. The van der Waals surface area contributed by atoms with Crippen LogP contribution in [0.3, 0.4) is 0 Å². The first-order valence-corrected chi connectivity index (χ1v) is 4.77. The average Bonchev–Trinajstić information content (AvgIpc) is 2.32. The molecule has 0 aliphatic rings. The minimum atomic E-state index is -3.34. The lowest BCUT2D eigenvalue weighted by Crippen LogP contribution is -2.17. The number of H-pyrrole nitrogens is 1. The number of aromatic nitrogens is 2. The van der Waals surface area contributed by atoms with Gasteiger partial charge in [0.1, 0.15) is 0 Å². The molecule has 1 aromatic rings. The standard InChI is InChI=1S/C5H9N3O2S/c6-11(9,10)2-1-5-3-7-8-4-5/h3-4H,1-2H2,(H,7,8)(H2,6,9,10). The molecule has 0 aliphatic carbocycles. The van der Waals surface area contributed by atoms with Crippen molar-refractivity contribution in [1.82, 2.24) is 10.2 Å². The summed E-state index contributed by atoms with van der Waals surface area (Å²) < 4.78 is 20.9. The molecule has 6 heteroatoms. The lowest BCUT2D eigenvalue weighted by Gasteiger charge is -1.93. The van der Waals surface area contributed by atoms with Gasteiger partial charge in [0, 0.05) is 6.20 Å². The fourth-order valence-corrected chi connectivity index (χ4v) is 1.19. The van der Waals surface area contributed by atoms with E-state index in [2.05, 4.69) is 10.2 Å². The van der Waals surface area contributed by atoms with Crippen LogP contribution < -0.4 is 5.14 Å². The summed E-state index contributed by atoms with van der Waals surface area (Å²) in [5, 5.41) is 11.0. The summed E-state index contributed by atoms with van der Waals surface area (Å²) in [7, 11) is -3.34. The Hall–Kier alpha value is -0.880. The van der Waals surface area contributed by atoms with E-state index < -0.39 is 10.0 Å². The number of hydrogen-bond donors (Lipinski definition) is 2. The minimum Gasteiger partial charge on any atom is -0.285 e. The molecular formula is C5H9N3O2S. The van der Waals surface area contributed by atoms with E-state index in [0.29, 0.717) is 6.42 Å². The van der Waals surface area contributed by atoms with Crippen LogP contribution in [0.1, 0.15) is 5.56 Å². The number of nitrogens with zero attached hydrogens (tertiary/aromatic N) is 1. The van der Waals surface area contributed by atoms with Crippen LogP contribution in [0.25, 0.3) is 0 Å². The van der Waals surface area contributed by atoms with Crippen molar-refractivity contribution in [3.8, 4) is 0 Å². The van der Waals surface area contributed by atoms with E-state index in [1.165, 1.54) is 0 Å². The Morgan fingerprint density at radius 3 is 2.82 bits per heavy atom. The molecule has 1 heterocycles. The molecule has 0 fully saturated rings. The number of rotatable bonds is 3. The van der Waals surface area contributed by atoms with Crippen molar-refractivity contribution < 1.29 is 8.42 Å². The van der Waals surface area contributed by atoms with Crippen LogP contribution in [0, 0.1) is 0 Å². The van der Waals surface area contributed by atoms with Gasteiger partial charge in [-0.25, -0.2) is 13.6 Å². The first kappa shape index (κ1) is 8.22. The summed E-state index contributed by atoms with van der Waals surface area (Å²) >= 11 is 0. The second-order valence-corrected chi connectivity index (χ2v) is 3.96. The maximum absolute atomic E-state index is 10.5. The maximum atomic E-state index is 10.5. The van der Waals surface area contributed by atoms with Crippen LogP contribution in [0.5, 0.6) is 0 Å². The van der Waals surface area contributed by atoms with E-state index in [9.17, 15) is 8.42 Å². The Kier molecular flexibility index (Phi) is 2.25. The highest BCUT2D eigenvalue weighted by molar-refractivity contribution is 7.89. The van der Waals surface area contributed by atoms with Gasteiger partial charge in [-0.3, -0.25) is 5.10 Å². The molecule has 0 atom stereocenters. The van der Waals surface area contributed by atoms with Gasteiger partial charge >= 0.3 is 0 Å². The molecule has 11 heavy (non-hydrogen) atoms. The maximum Gasteiger partial charge on any atom is 0.209 e. The fraction of sp³-hybridized carbons (Fsp3) is 0.400. The molecule has 1 rings (SSSR count). The largest absolute Gasteiger partial charge is 0.285 e. The molecule has 0 amide bonds. The van der Waals surface area contributed by atoms with E-state index >= 15 is 0 Å². The van der Waals surface area contributed by atoms with Crippen molar-refractivity contribution in [1.29, 1.82) is 0 Å². The number of aromatic amines is 1. The second-order valence-electron chi connectivity index (χ2n) is 2.22. The Morgan fingerprint density at radius 2 is 2.36 bits per heavy atom. The van der Waals surface area contributed by atoms with Crippen molar-refractivity contribution in [2.24, 2.45) is 5.14 Å². The molecule has 3 N–H and O–H groups in total. The Bertz CT molecular complexity index is 302. The summed E-state index contributed by atoms with van der Waals surface area (Å²) in [5.74, 6) is -0.0352. The van der Waals surface area contributed by atoms with Crippen LogP contribution in [-0.2, 0) is 16.4 Å². The molecule has 0 spiro atoms. The molecule has 0 radical (unpaired) electrons. The predicted octanol–water partition coefficient (Wildman–Crippen LogP) is -0.759. The van der Waals surface area contributed by atoms with Crippen molar-refractivity contribution in [2.45, 2.75) is 6.42 Å². The number of nitrogens with two attached hydrogens (primary N) is 1. The minimum absolute atomic E-state index is 0.0352. The number of primary sulfonamides is 1. The van der Waals surface area contributed by atoms with E-state index in [-0.39, 0.29) is 5.75 Å². The fourth-order valence-electron chi connectivity index (χ4n) is 0.674. The summed E-state index contributed by atoms with van der Waals surface area (Å²) in [4.78, 5) is 0. The third-order valence-electron chi connectivity index (χ3n) is 1.23. The van der Waals surface area contributed by atoms with Gasteiger partial charge in [-0.1, -0.05) is 0 Å². The second kappa shape index (κ2) is 3.02. The van der Waals surface area contributed by atoms with E-state index in [4.69, 9.17) is 5.14 Å². The van der Waals surface area contributed by atoms with Gasteiger partial charge in [0.25, 0.3) is 0 Å². The molecule has 62 valence electrons. The summed E-state index contributed by atoms with van der Waals surface area (Å²) in [5.41, 5.74) is 0.846. The normalized spacial score (nSPS) is 11.7. The highest BCUT2D eigenvalue weighted by atomic mass is 32.2. The van der Waals surface area contributed by atoms with Gasteiger partial charge in [-0.05, 0) is 12.0 Å². The average molecular weight is 175 g/mol. The number of nitrogens with one attached hydrogen (secondary N) is 1. The van der Waals surface area contributed by atoms with Gasteiger partial charge in [0.05, 0.1) is 11.9 Å². The lowest BCUT2D eigenvalue weighted by molar-refractivity contribution is 0.597. The van der Waals surface area contributed by atoms with Crippen LogP contribution in [-0.4, -0.2) is 24.4 Å². The van der Waals surface area contributed by atoms with Crippen LogP contribution in [0.2, 0.25) is 0 Å². The molecular weight excluding hydrogens is 166 g/mol. The molecule has 0 saturated heterocycles. The van der Waals surface area contributed by atoms with Gasteiger partial charge in [-0.15, -0.1) is 0 Å². The Balaban J connectivity index is 2.48. The Labute approximate surface area is 64.7 Å². The quantitative estimate of drug-likeness (QED) is 0.632. The van der Waals surface area contributed by atoms with Crippen LogP contribution in [0.15, 0.2) is 12.4 Å². The zero-order chi connectivity index (χ0) is 8.32. The van der Waals surface area contributed by atoms with Crippen LogP contribution in [0.4, 0.5) is 0 Å². The zero-order valence-electron chi connectivity index (χ0n) is 5.82. The Morgan fingerprint density at radius 1 is 1.64 bits per heavy atom. The molecule has 5 nitrogen and oxygen atoms in total. The van der Waals surface area contributed by atoms with E-state index in [1.807, 2.05) is 0 Å². The van der Waals surface area contributed by atoms with Gasteiger partial charge < -0.3 is 0 Å². The van der Waals surface area contributed by atoms with Crippen molar-refractivity contribution in [3.63, 3.8) is 0 Å². The molecule has 0 saturated carbocycles.